The van der Waals surface area contributed by atoms with Crippen molar-refractivity contribution in [2.45, 2.75) is 0 Å². The minimum absolute atomic E-state index is 0.0352. The molecule has 2 amide bonds. The largest absolute Gasteiger partial charge is 0.504 e. The van der Waals surface area contributed by atoms with E-state index in [1.807, 2.05) is 0 Å². The van der Waals surface area contributed by atoms with Crippen LogP contribution in [0.2, 0.25) is 0 Å². The van der Waals surface area contributed by atoms with Gasteiger partial charge in [-0.05, 0) is 36.4 Å². The minimum Gasteiger partial charge on any atom is -0.504 e. The molecule has 3 N–H and O–H groups in total. The summed E-state index contributed by atoms with van der Waals surface area (Å²) in [6.07, 6.45) is 1.30. The number of phenols is 1. The molecule has 0 unspecified atom stereocenters. The molecular formula is C22H21N3O6. The van der Waals surface area contributed by atoms with Crippen LogP contribution in [-0.4, -0.2) is 43.2 Å². The van der Waals surface area contributed by atoms with Gasteiger partial charge in [0.05, 0.1) is 26.9 Å². The Morgan fingerprint density at radius 3 is 2.00 bits per heavy atom. The van der Waals surface area contributed by atoms with Crippen LogP contribution in [0.25, 0.3) is 0 Å². The summed E-state index contributed by atoms with van der Waals surface area (Å²) >= 11 is 0. The van der Waals surface area contributed by atoms with E-state index in [1.165, 1.54) is 57.9 Å². The molecule has 0 bridgehead atoms. The predicted molar refractivity (Wildman–Crippen MR) is 114 cm³/mol. The third kappa shape index (κ3) is 5.02. The van der Waals surface area contributed by atoms with Crippen molar-refractivity contribution in [1.29, 1.82) is 0 Å². The summed E-state index contributed by atoms with van der Waals surface area (Å²) in [7, 11) is 4.44. The number of phenolic OH excluding ortho intramolecular Hbond substituents is 1. The molecule has 0 radical (unpaired) electrons. The number of anilines is 2. The standard InChI is InChI=1S/C22H21N3O6/c1-29-18-9-6-15(11-20(18)31-3)25-22(28)16-7-4-13(12-23-16)21(27)24-14-5-8-17(26)19(10-14)30-2/h4-12,26H,1-3H3,(H,24,27)(H,25,28). The second kappa shape index (κ2) is 9.49. The van der Waals surface area contributed by atoms with Gasteiger partial charge in [0.1, 0.15) is 5.69 Å². The van der Waals surface area contributed by atoms with Gasteiger partial charge >= 0.3 is 0 Å². The van der Waals surface area contributed by atoms with Crippen molar-refractivity contribution in [1.82, 2.24) is 4.98 Å². The lowest BCUT2D eigenvalue weighted by Crippen LogP contribution is -2.16. The van der Waals surface area contributed by atoms with Crippen LogP contribution in [0, 0.1) is 0 Å². The second-order valence-electron chi connectivity index (χ2n) is 6.30. The number of benzene rings is 2. The Labute approximate surface area is 178 Å². The van der Waals surface area contributed by atoms with E-state index in [1.54, 1.807) is 18.2 Å². The maximum atomic E-state index is 12.5. The molecule has 2 aromatic carbocycles. The van der Waals surface area contributed by atoms with Crippen LogP contribution in [-0.2, 0) is 0 Å². The van der Waals surface area contributed by atoms with Crippen molar-refractivity contribution >= 4 is 23.2 Å². The molecule has 0 atom stereocenters. The fourth-order valence-corrected chi connectivity index (χ4v) is 2.73. The van der Waals surface area contributed by atoms with Gasteiger partial charge in [0.25, 0.3) is 11.8 Å². The lowest BCUT2D eigenvalue weighted by Gasteiger charge is -2.11. The van der Waals surface area contributed by atoms with E-state index in [2.05, 4.69) is 15.6 Å². The molecule has 0 saturated heterocycles. The molecule has 0 saturated carbocycles. The van der Waals surface area contributed by atoms with E-state index in [4.69, 9.17) is 14.2 Å². The second-order valence-corrected chi connectivity index (χ2v) is 6.30. The topological polar surface area (TPSA) is 119 Å². The van der Waals surface area contributed by atoms with Crippen molar-refractivity contribution in [3.05, 3.63) is 66.0 Å². The SMILES string of the molecule is COc1cc(NC(=O)c2ccc(C(=O)Nc3ccc(OC)c(OC)c3)nc2)ccc1O. The van der Waals surface area contributed by atoms with Crippen LogP contribution in [0.3, 0.4) is 0 Å². The van der Waals surface area contributed by atoms with Crippen molar-refractivity contribution in [2.75, 3.05) is 32.0 Å². The first-order valence-electron chi connectivity index (χ1n) is 9.13. The van der Waals surface area contributed by atoms with Gasteiger partial charge in [-0.2, -0.15) is 0 Å². The molecular weight excluding hydrogens is 402 g/mol. The Bertz CT molecular complexity index is 1100. The summed E-state index contributed by atoms with van der Waals surface area (Å²) in [6.45, 7) is 0. The van der Waals surface area contributed by atoms with Crippen LogP contribution in [0.5, 0.6) is 23.0 Å². The highest BCUT2D eigenvalue weighted by molar-refractivity contribution is 6.06. The fraction of sp³-hybridized carbons (Fsp3) is 0.136. The molecule has 1 aromatic heterocycles. The van der Waals surface area contributed by atoms with Gasteiger partial charge in [-0.25, -0.2) is 0 Å². The Hall–Kier alpha value is -4.27. The van der Waals surface area contributed by atoms with E-state index in [0.717, 1.165) is 0 Å². The van der Waals surface area contributed by atoms with Crippen molar-refractivity contribution in [2.24, 2.45) is 0 Å². The number of nitrogens with one attached hydrogen (secondary N) is 2. The van der Waals surface area contributed by atoms with E-state index in [-0.39, 0.29) is 22.8 Å². The number of pyridine rings is 1. The van der Waals surface area contributed by atoms with Gasteiger partial charge < -0.3 is 30.0 Å². The highest BCUT2D eigenvalue weighted by Crippen LogP contribution is 2.30. The molecule has 0 aliphatic carbocycles. The smallest absolute Gasteiger partial charge is 0.274 e. The van der Waals surface area contributed by atoms with Crippen LogP contribution >= 0.6 is 0 Å². The van der Waals surface area contributed by atoms with Crippen molar-refractivity contribution in [3.8, 4) is 23.0 Å². The molecule has 31 heavy (non-hydrogen) atoms. The molecule has 0 aliphatic heterocycles. The van der Waals surface area contributed by atoms with Gasteiger partial charge in [-0.1, -0.05) is 0 Å². The average molecular weight is 423 g/mol. The van der Waals surface area contributed by atoms with Crippen LogP contribution in [0.15, 0.2) is 54.7 Å². The Morgan fingerprint density at radius 2 is 1.39 bits per heavy atom. The molecule has 3 rings (SSSR count). The van der Waals surface area contributed by atoms with E-state index >= 15 is 0 Å². The minimum atomic E-state index is -0.442. The Balaban J connectivity index is 1.68. The van der Waals surface area contributed by atoms with Crippen LogP contribution < -0.4 is 24.8 Å². The van der Waals surface area contributed by atoms with Gasteiger partial charge in [-0.15, -0.1) is 0 Å². The normalized spacial score (nSPS) is 10.2. The fourth-order valence-electron chi connectivity index (χ4n) is 2.73. The highest BCUT2D eigenvalue weighted by atomic mass is 16.5. The number of hydrogen-bond donors (Lipinski definition) is 3. The molecule has 9 heteroatoms. The molecule has 160 valence electrons. The first-order chi connectivity index (χ1) is 14.9. The number of amides is 2. The number of carbonyl (C=O) groups is 2. The molecule has 0 aliphatic rings. The zero-order chi connectivity index (χ0) is 22.4. The number of hydrogen-bond acceptors (Lipinski definition) is 7. The van der Waals surface area contributed by atoms with Crippen molar-refractivity contribution in [3.63, 3.8) is 0 Å². The van der Waals surface area contributed by atoms with Gasteiger partial charge in [-0.3, -0.25) is 14.6 Å². The third-order valence-electron chi connectivity index (χ3n) is 4.34. The maximum absolute atomic E-state index is 12.5. The number of rotatable bonds is 7. The third-order valence-corrected chi connectivity index (χ3v) is 4.34. The Kier molecular flexibility index (Phi) is 6.56. The van der Waals surface area contributed by atoms with Gasteiger partial charge in [0.2, 0.25) is 0 Å². The molecule has 0 spiro atoms. The highest BCUT2D eigenvalue weighted by Gasteiger charge is 2.13. The van der Waals surface area contributed by atoms with E-state index in [0.29, 0.717) is 22.9 Å². The first-order valence-corrected chi connectivity index (χ1v) is 9.13. The summed E-state index contributed by atoms with van der Waals surface area (Å²) in [6, 6.07) is 12.4. The van der Waals surface area contributed by atoms with Crippen LogP contribution in [0.1, 0.15) is 20.8 Å². The summed E-state index contributed by atoms with van der Waals surface area (Å²) in [4.78, 5) is 28.9. The zero-order valence-electron chi connectivity index (χ0n) is 17.1. The average Bonchev–Trinajstić information content (AvgIpc) is 2.80. The van der Waals surface area contributed by atoms with Gasteiger partial charge in [0.15, 0.2) is 23.0 Å². The predicted octanol–water partition coefficient (Wildman–Crippen LogP) is 3.32. The number of ether oxygens (including phenoxy) is 3. The molecule has 0 fully saturated rings. The summed E-state index contributed by atoms with van der Waals surface area (Å²) in [5, 5.41) is 15.0. The molecule has 9 nitrogen and oxygen atoms in total. The van der Waals surface area contributed by atoms with Gasteiger partial charge in [0, 0.05) is 29.7 Å². The summed E-state index contributed by atoms with van der Waals surface area (Å²) in [5.74, 6) is 0.353. The van der Waals surface area contributed by atoms with E-state index in [9.17, 15) is 14.7 Å². The number of aromatic hydroxyl groups is 1. The monoisotopic (exact) mass is 423 g/mol. The zero-order valence-corrected chi connectivity index (χ0v) is 17.1. The lowest BCUT2D eigenvalue weighted by atomic mass is 10.2. The van der Waals surface area contributed by atoms with Crippen molar-refractivity contribution < 1.29 is 28.9 Å². The number of carbonyl (C=O) groups excluding carboxylic acids is 2. The summed E-state index contributed by atoms with van der Waals surface area (Å²) in [5.41, 5.74) is 1.34. The first kappa shape index (κ1) is 21.4. The number of methoxy groups -OCH3 is 3. The molecule has 3 aromatic rings. The quantitative estimate of drug-likeness (QED) is 0.499. The number of aromatic nitrogens is 1. The summed E-state index contributed by atoms with van der Waals surface area (Å²) < 4.78 is 15.4. The van der Waals surface area contributed by atoms with Crippen LogP contribution in [0.4, 0.5) is 11.4 Å². The number of nitrogens with zero attached hydrogens (tertiary/aromatic N) is 1. The maximum Gasteiger partial charge on any atom is 0.274 e. The molecule has 1 heterocycles. The Morgan fingerprint density at radius 1 is 0.774 bits per heavy atom. The lowest BCUT2D eigenvalue weighted by molar-refractivity contribution is 0.101. The van der Waals surface area contributed by atoms with E-state index < -0.39 is 11.8 Å².